The fraction of sp³-hybridized carbons (Fsp3) is 0.381. The van der Waals surface area contributed by atoms with E-state index < -0.39 is 6.17 Å². The second-order valence-electron chi connectivity index (χ2n) is 6.96. The van der Waals surface area contributed by atoms with E-state index in [4.69, 9.17) is 14.2 Å². The standard InChI is InChI=1S/C21H24N2O5/c1-26-17-10-13(11-18(27-2)19(17)24)20-22-16-8-4-3-7-15(16)21(25)23(20)12-14-6-5-9-28-14/h3-4,7-8,10-11,14,20,22,24H,5-6,9,12H2,1-2H3/t14-,20-/m0/s1. The molecule has 7 heteroatoms. The fourth-order valence-electron chi connectivity index (χ4n) is 3.82. The molecule has 28 heavy (non-hydrogen) atoms. The van der Waals surface area contributed by atoms with Crippen molar-refractivity contribution in [1.29, 1.82) is 0 Å². The number of ether oxygens (including phenoxy) is 3. The zero-order valence-corrected chi connectivity index (χ0v) is 16.0. The molecular weight excluding hydrogens is 360 g/mol. The van der Waals surface area contributed by atoms with Crippen molar-refractivity contribution in [2.45, 2.75) is 25.1 Å². The van der Waals surface area contributed by atoms with Crippen molar-refractivity contribution in [3.05, 3.63) is 47.5 Å². The molecule has 0 unspecified atom stereocenters. The van der Waals surface area contributed by atoms with Crippen LogP contribution in [-0.4, -0.2) is 49.4 Å². The van der Waals surface area contributed by atoms with Crippen LogP contribution < -0.4 is 14.8 Å². The van der Waals surface area contributed by atoms with Crippen LogP contribution in [0.1, 0.15) is 34.9 Å². The lowest BCUT2D eigenvalue weighted by Gasteiger charge is -2.39. The number of carbonyl (C=O) groups is 1. The van der Waals surface area contributed by atoms with E-state index in [0.717, 1.165) is 30.7 Å². The number of hydrogen-bond acceptors (Lipinski definition) is 6. The number of carbonyl (C=O) groups excluding carboxylic acids is 1. The Balaban J connectivity index is 1.77. The van der Waals surface area contributed by atoms with Gasteiger partial charge in [-0.15, -0.1) is 0 Å². The largest absolute Gasteiger partial charge is 0.502 e. The number of rotatable bonds is 5. The van der Waals surface area contributed by atoms with Gasteiger partial charge in [0.1, 0.15) is 6.17 Å². The first-order chi connectivity index (χ1) is 13.6. The van der Waals surface area contributed by atoms with Crippen molar-refractivity contribution in [3.8, 4) is 17.2 Å². The maximum Gasteiger partial charge on any atom is 0.257 e. The average molecular weight is 384 g/mol. The smallest absolute Gasteiger partial charge is 0.257 e. The van der Waals surface area contributed by atoms with Gasteiger partial charge in [0.25, 0.3) is 5.91 Å². The molecule has 0 aromatic heterocycles. The number of phenols is 1. The summed E-state index contributed by atoms with van der Waals surface area (Å²) in [5.41, 5.74) is 2.16. The van der Waals surface area contributed by atoms with Crippen LogP contribution in [-0.2, 0) is 4.74 Å². The summed E-state index contributed by atoms with van der Waals surface area (Å²) in [6.07, 6.45) is 1.51. The molecule has 0 saturated carbocycles. The molecule has 0 radical (unpaired) electrons. The number of methoxy groups -OCH3 is 2. The lowest BCUT2D eigenvalue weighted by Crippen LogP contribution is -2.46. The van der Waals surface area contributed by atoms with Gasteiger partial charge in [0, 0.05) is 24.4 Å². The average Bonchev–Trinajstić information content (AvgIpc) is 3.23. The number of hydrogen-bond donors (Lipinski definition) is 2. The quantitative estimate of drug-likeness (QED) is 0.824. The summed E-state index contributed by atoms with van der Waals surface area (Å²) < 4.78 is 16.4. The maximum absolute atomic E-state index is 13.3. The Hall–Kier alpha value is -2.93. The number of aromatic hydroxyl groups is 1. The summed E-state index contributed by atoms with van der Waals surface area (Å²) in [6, 6.07) is 10.9. The molecule has 148 valence electrons. The van der Waals surface area contributed by atoms with E-state index in [0.29, 0.717) is 23.6 Å². The monoisotopic (exact) mass is 384 g/mol. The number of amides is 1. The van der Waals surface area contributed by atoms with E-state index in [9.17, 15) is 9.90 Å². The lowest BCUT2D eigenvalue weighted by molar-refractivity contribution is 0.0426. The van der Waals surface area contributed by atoms with E-state index in [-0.39, 0.29) is 17.8 Å². The molecule has 2 aromatic carbocycles. The summed E-state index contributed by atoms with van der Waals surface area (Å²) in [5.74, 6) is 0.460. The molecule has 2 N–H and O–H groups in total. The zero-order valence-electron chi connectivity index (χ0n) is 16.0. The zero-order chi connectivity index (χ0) is 19.7. The highest BCUT2D eigenvalue weighted by molar-refractivity contribution is 6.01. The Kier molecular flexibility index (Phi) is 5.00. The SMILES string of the molecule is COc1cc([C@H]2Nc3ccccc3C(=O)N2C[C@@H]2CCCO2)cc(OC)c1O. The molecule has 2 aliphatic heterocycles. The second-order valence-corrected chi connectivity index (χ2v) is 6.96. The lowest BCUT2D eigenvalue weighted by atomic mass is 10.0. The van der Waals surface area contributed by atoms with Crippen LogP contribution in [0.2, 0.25) is 0 Å². The first kappa shape index (κ1) is 18.4. The predicted molar refractivity (Wildman–Crippen MR) is 104 cm³/mol. The highest BCUT2D eigenvalue weighted by Gasteiger charge is 2.36. The van der Waals surface area contributed by atoms with Crippen molar-refractivity contribution in [2.75, 3.05) is 32.7 Å². The fourth-order valence-corrected chi connectivity index (χ4v) is 3.82. The molecule has 0 bridgehead atoms. The molecule has 2 atom stereocenters. The molecule has 2 aromatic rings. The highest BCUT2D eigenvalue weighted by atomic mass is 16.5. The van der Waals surface area contributed by atoms with E-state index in [2.05, 4.69) is 5.32 Å². The molecule has 4 rings (SSSR count). The van der Waals surface area contributed by atoms with Crippen molar-refractivity contribution in [1.82, 2.24) is 4.90 Å². The number of benzene rings is 2. The van der Waals surface area contributed by atoms with Gasteiger partial charge < -0.3 is 29.5 Å². The Morgan fingerprint density at radius 2 is 1.93 bits per heavy atom. The Morgan fingerprint density at radius 1 is 1.21 bits per heavy atom. The van der Waals surface area contributed by atoms with Crippen molar-refractivity contribution in [2.24, 2.45) is 0 Å². The van der Waals surface area contributed by atoms with Gasteiger partial charge >= 0.3 is 0 Å². The van der Waals surface area contributed by atoms with E-state index in [1.165, 1.54) is 14.2 Å². The van der Waals surface area contributed by atoms with E-state index in [1.54, 1.807) is 17.0 Å². The van der Waals surface area contributed by atoms with Crippen molar-refractivity contribution < 1.29 is 24.1 Å². The first-order valence-corrected chi connectivity index (χ1v) is 9.35. The van der Waals surface area contributed by atoms with Gasteiger partial charge in [0.05, 0.1) is 25.9 Å². The number of nitrogens with zero attached hydrogens (tertiary/aromatic N) is 1. The van der Waals surface area contributed by atoms with E-state index >= 15 is 0 Å². The highest BCUT2D eigenvalue weighted by Crippen LogP contribution is 2.42. The molecule has 1 saturated heterocycles. The first-order valence-electron chi connectivity index (χ1n) is 9.35. The Morgan fingerprint density at radius 3 is 2.57 bits per heavy atom. The molecule has 1 amide bonds. The minimum Gasteiger partial charge on any atom is -0.502 e. The number of fused-ring (bicyclic) bond motifs is 1. The normalized spacial score (nSPS) is 21.2. The van der Waals surface area contributed by atoms with Gasteiger partial charge in [0.2, 0.25) is 5.75 Å². The molecule has 0 aliphatic carbocycles. The molecule has 2 aliphatic rings. The van der Waals surface area contributed by atoms with Gasteiger partial charge in [-0.1, -0.05) is 12.1 Å². The molecule has 2 heterocycles. The minimum absolute atomic E-state index is 0.0134. The topological polar surface area (TPSA) is 80.3 Å². The van der Waals surface area contributed by atoms with Gasteiger partial charge in [-0.3, -0.25) is 4.79 Å². The van der Waals surface area contributed by atoms with Gasteiger partial charge in [-0.25, -0.2) is 0 Å². The van der Waals surface area contributed by atoms with E-state index in [1.807, 2.05) is 24.3 Å². The van der Waals surface area contributed by atoms with Crippen LogP contribution >= 0.6 is 0 Å². The molecule has 1 fully saturated rings. The number of phenolic OH excluding ortho intramolecular Hbond substituents is 1. The van der Waals surface area contributed by atoms with Crippen LogP contribution in [0.5, 0.6) is 17.2 Å². The summed E-state index contributed by atoms with van der Waals surface area (Å²) in [5, 5.41) is 13.7. The number of para-hydroxylation sites is 1. The van der Waals surface area contributed by atoms with Crippen LogP contribution in [0.15, 0.2) is 36.4 Å². The van der Waals surface area contributed by atoms with Crippen molar-refractivity contribution in [3.63, 3.8) is 0 Å². The summed E-state index contributed by atoms with van der Waals surface area (Å²) >= 11 is 0. The minimum atomic E-state index is -0.435. The van der Waals surface area contributed by atoms with Gasteiger partial charge in [-0.05, 0) is 37.1 Å². The maximum atomic E-state index is 13.3. The molecule has 0 spiro atoms. The van der Waals surface area contributed by atoms with Crippen LogP contribution in [0.3, 0.4) is 0 Å². The van der Waals surface area contributed by atoms with Gasteiger partial charge in [-0.2, -0.15) is 0 Å². The van der Waals surface area contributed by atoms with Crippen molar-refractivity contribution >= 4 is 11.6 Å². The van der Waals surface area contributed by atoms with Crippen LogP contribution in [0, 0.1) is 0 Å². The summed E-state index contributed by atoms with van der Waals surface area (Å²) in [6.45, 7) is 1.21. The third kappa shape index (κ3) is 3.22. The third-order valence-corrected chi connectivity index (χ3v) is 5.26. The summed E-state index contributed by atoms with van der Waals surface area (Å²) in [7, 11) is 2.97. The Bertz CT molecular complexity index is 854. The molecule has 7 nitrogen and oxygen atoms in total. The summed E-state index contributed by atoms with van der Waals surface area (Å²) in [4.78, 5) is 15.1. The van der Waals surface area contributed by atoms with Crippen LogP contribution in [0.25, 0.3) is 0 Å². The predicted octanol–water partition coefficient (Wildman–Crippen LogP) is 3.15. The van der Waals surface area contributed by atoms with Crippen LogP contribution in [0.4, 0.5) is 5.69 Å². The number of anilines is 1. The molecular formula is C21H24N2O5. The number of nitrogens with one attached hydrogen (secondary N) is 1. The second kappa shape index (κ2) is 7.59. The van der Waals surface area contributed by atoms with Gasteiger partial charge in [0.15, 0.2) is 11.5 Å². The third-order valence-electron chi connectivity index (χ3n) is 5.26. The Labute approximate surface area is 163 Å².